The minimum Gasteiger partial charge on any atom is -0.349 e. The molecule has 32 heavy (non-hydrogen) atoms. The molecule has 4 rings (SSSR count). The molecule has 1 saturated carbocycles. The Labute approximate surface area is 198 Å². The highest BCUT2D eigenvalue weighted by Gasteiger charge is 2.33. The van der Waals surface area contributed by atoms with Crippen molar-refractivity contribution in [2.45, 2.75) is 51.5 Å². The van der Waals surface area contributed by atoms with E-state index in [0.717, 1.165) is 36.5 Å². The number of nitrogens with one attached hydrogen (secondary N) is 2. The lowest BCUT2D eigenvalue weighted by atomic mass is 9.95. The lowest BCUT2D eigenvalue weighted by Crippen LogP contribution is -2.38. The van der Waals surface area contributed by atoms with Crippen LogP contribution in [0.3, 0.4) is 0 Å². The fraction of sp³-hybridized carbons (Fsp3) is 0.348. The minimum absolute atomic E-state index is 0.142. The number of aromatic nitrogens is 1. The molecule has 0 bridgehead atoms. The van der Waals surface area contributed by atoms with E-state index in [9.17, 15) is 9.59 Å². The standard InChI is InChI=1S/C23H26BN4O2S2/c1-3-16(11-10-14(2)24-31)28-17-12-13-25-22-18(17)19(27-23(28)30)20(32-22)21(29)26-15-8-6-4-5-7-9-15/h3,10-13,15,31H,1,4-9H2,2H3,(H,26,29)(H,27,30)/b14-10+,16-11+. The van der Waals surface area contributed by atoms with Crippen LogP contribution in [0.25, 0.3) is 10.2 Å². The number of thiol groups is 1. The smallest absolute Gasteiger partial charge is 0.331 e. The molecule has 6 nitrogen and oxygen atoms in total. The highest BCUT2D eigenvalue weighted by Crippen LogP contribution is 2.44. The average molecular weight is 465 g/mol. The Hall–Kier alpha value is -2.52. The molecule has 0 aromatic carbocycles. The number of allylic oxidation sites excluding steroid dienone is 4. The molecular formula is C23H26BN4O2S2. The van der Waals surface area contributed by atoms with Crippen LogP contribution < -0.4 is 15.5 Å². The maximum atomic E-state index is 13.2. The van der Waals surface area contributed by atoms with Gasteiger partial charge in [0.15, 0.2) is 0 Å². The Morgan fingerprint density at radius 2 is 2.09 bits per heavy atom. The highest BCUT2D eigenvalue weighted by molar-refractivity contribution is 8.07. The summed E-state index contributed by atoms with van der Waals surface area (Å²) in [5.41, 5.74) is 2.79. The quantitative estimate of drug-likeness (QED) is 0.224. The molecule has 9 heteroatoms. The number of rotatable bonds is 6. The van der Waals surface area contributed by atoms with Crippen molar-refractivity contribution in [3.05, 3.63) is 53.1 Å². The van der Waals surface area contributed by atoms with E-state index in [1.165, 1.54) is 24.2 Å². The Bertz CT molecular complexity index is 1120. The molecule has 2 aliphatic rings. The molecule has 0 spiro atoms. The third-order valence-corrected chi connectivity index (χ3v) is 7.33. The van der Waals surface area contributed by atoms with Gasteiger partial charge in [-0.2, -0.15) is 0 Å². The van der Waals surface area contributed by atoms with Crippen LogP contribution >= 0.6 is 23.8 Å². The molecule has 1 fully saturated rings. The van der Waals surface area contributed by atoms with Gasteiger partial charge in [-0.1, -0.05) is 50.7 Å². The van der Waals surface area contributed by atoms with Crippen molar-refractivity contribution in [2.24, 2.45) is 0 Å². The SMILES string of the molecule is C=C/C(=C\C=C(/C)[B]S)N1C(=O)Nc2c(C(=O)NC3CCCCCC3)sc3nccc1c23. The molecule has 3 amide bonds. The Balaban J connectivity index is 1.72. The normalized spacial score (nSPS) is 17.7. The summed E-state index contributed by atoms with van der Waals surface area (Å²) in [6.07, 6.45) is 13.7. The molecule has 165 valence electrons. The largest absolute Gasteiger partial charge is 0.349 e. The first-order valence-corrected chi connectivity index (χ1v) is 12.2. The molecule has 1 radical (unpaired) electrons. The van der Waals surface area contributed by atoms with Crippen LogP contribution in [0.15, 0.2) is 48.2 Å². The van der Waals surface area contributed by atoms with Gasteiger partial charge in [-0.3, -0.25) is 9.69 Å². The van der Waals surface area contributed by atoms with Crippen molar-refractivity contribution >= 4 is 63.9 Å². The van der Waals surface area contributed by atoms with Gasteiger partial charge in [-0.25, -0.2) is 22.3 Å². The van der Waals surface area contributed by atoms with E-state index >= 15 is 0 Å². The Morgan fingerprint density at radius 3 is 2.78 bits per heavy atom. The number of hydrogen-bond acceptors (Lipinski definition) is 5. The van der Waals surface area contributed by atoms with Gasteiger partial charge >= 0.3 is 6.03 Å². The summed E-state index contributed by atoms with van der Waals surface area (Å²) in [7, 11) is 0. The molecule has 3 heterocycles. The monoisotopic (exact) mass is 465 g/mol. The predicted octanol–water partition coefficient (Wildman–Crippen LogP) is 5.62. The number of nitrogens with zero attached hydrogens (tertiary/aromatic N) is 2. The number of hydrogen-bond donors (Lipinski definition) is 3. The zero-order chi connectivity index (χ0) is 22.7. The molecule has 1 aliphatic heterocycles. The first-order chi connectivity index (χ1) is 15.5. The second-order valence-electron chi connectivity index (χ2n) is 8.08. The van der Waals surface area contributed by atoms with Crippen LogP contribution in [0.2, 0.25) is 0 Å². The van der Waals surface area contributed by atoms with Gasteiger partial charge in [-0.05, 0) is 31.1 Å². The summed E-state index contributed by atoms with van der Waals surface area (Å²) in [6.45, 7) is 7.48. The summed E-state index contributed by atoms with van der Waals surface area (Å²) in [4.78, 5) is 33.6. The molecule has 1 aliphatic carbocycles. The Morgan fingerprint density at radius 1 is 1.34 bits per heavy atom. The van der Waals surface area contributed by atoms with Gasteiger partial charge in [0.25, 0.3) is 5.91 Å². The maximum Gasteiger partial charge on any atom is 0.331 e. The highest BCUT2D eigenvalue weighted by atomic mass is 32.1. The van der Waals surface area contributed by atoms with Crippen molar-refractivity contribution < 1.29 is 9.59 Å². The van der Waals surface area contributed by atoms with Crippen LogP contribution in [0.5, 0.6) is 0 Å². The second kappa shape index (κ2) is 9.96. The van der Waals surface area contributed by atoms with E-state index in [2.05, 4.69) is 34.7 Å². The van der Waals surface area contributed by atoms with Crippen molar-refractivity contribution in [3.63, 3.8) is 0 Å². The van der Waals surface area contributed by atoms with Crippen LogP contribution in [0.1, 0.15) is 55.1 Å². The van der Waals surface area contributed by atoms with Gasteiger partial charge in [0, 0.05) is 12.2 Å². The number of thiophene rings is 1. The van der Waals surface area contributed by atoms with Crippen molar-refractivity contribution in [1.82, 2.24) is 10.3 Å². The van der Waals surface area contributed by atoms with E-state index in [-0.39, 0.29) is 18.0 Å². The molecular weight excluding hydrogens is 439 g/mol. The zero-order valence-electron chi connectivity index (χ0n) is 18.1. The van der Waals surface area contributed by atoms with Crippen LogP contribution in [-0.2, 0) is 0 Å². The molecule has 0 atom stereocenters. The topological polar surface area (TPSA) is 74.3 Å². The third-order valence-electron chi connectivity index (χ3n) is 5.83. The third kappa shape index (κ3) is 4.50. The fourth-order valence-corrected chi connectivity index (χ4v) is 5.28. The van der Waals surface area contributed by atoms with Crippen molar-refractivity contribution in [1.29, 1.82) is 0 Å². The summed E-state index contributed by atoms with van der Waals surface area (Å²) in [6, 6.07) is 1.64. The first-order valence-electron chi connectivity index (χ1n) is 10.9. The summed E-state index contributed by atoms with van der Waals surface area (Å²) in [5.74, 6) is -0.142. The van der Waals surface area contributed by atoms with E-state index in [4.69, 9.17) is 0 Å². The van der Waals surface area contributed by atoms with Crippen molar-refractivity contribution in [3.8, 4) is 0 Å². The van der Waals surface area contributed by atoms with Gasteiger partial charge in [-0.15, -0.1) is 11.3 Å². The minimum atomic E-state index is -0.334. The maximum absolute atomic E-state index is 13.2. The van der Waals surface area contributed by atoms with Gasteiger partial charge in [0.2, 0.25) is 6.56 Å². The summed E-state index contributed by atoms with van der Waals surface area (Å²) < 4.78 is 0. The van der Waals surface area contributed by atoms with Crippen LogP contribution in [0, 0.1) is 0 Å². The van der Waals surface area contributed by atoms with Gasteiger partial charge in [0.1, 0.15) is 9.71 Å². The zero-order valence-corrected chi connectivity index (χ0v) is 19.8. The fourth-order valence-electron chi connectivity index (χ4n) is 4.17. The van der Waals surface area contributed by atoms with Crippen LogP contribution in [-0.4, -0.2) is 29.5 Å². The summed E-state index contributed by atoms with van der Waals surface area (Å²) >= 11 is 5.47. The lowest BCUT2D eigenvalue weighted by molar-refractivity contribution is 0.0938. The number of carbonyl (C=O) groups is 2. The Kier molecular flexibility index (Phi) is 7.05. The number of carbonyl (C=O) groups excluding carboxylic acids is 2. The predicted molar refractivity (Wildman–Crippen MR) is 137 cm³/mol. The van der Waals surface area contributed by atoms with E-state index < -0.39 is 0 Å². The molecule has 2 N–H and O–H groups in total. The molecule has 0 saturated heterocycles. The van der Waals surface area contributed by atoms with E-state index in [0.29, 0.717) is 26.8 Å². The van der Waals surface area contributed by atoms with Crippen LogP contribution in [0.4, 0.5) is 16.2 Å². The van der Waals surface area contributed by atoms with E-state index in [1.54, 1.807) is 29.8 Å². The number of urea groups is 1. The van der Waals surface area contributed by atoms with Crippen molar-refractivity contribution in [2.75, 3.05) is 10.2 Å². The van der Waals surface area contributed by atoms with Gasteiger partial charge in [0.05, 0.1) is 22.5 Å². The van der Waals surface area contributed by atoms with Gasteiger partial charge < -0.3 is 10.6 Å². The van der Waals surface area contributed by atoms with E-state index in [1.807, 2.05) is 19.1 Å². The molecule has 2 aromatic rings. The lowest BCUT2D eigenvalue weighted by Gasteiger charge is -2.29. The number of amides is 3. The number of pyridine rings is 1. The second-order valence-corrected chi connectivity index (χ2v) is 9.34. The first kappa shape index (κ1) is 22.7. The molecule has 2 aromatic heterocycles. The molecule has 0 unspecified atom stereocenters. The number of anilines is 2. The average Bonchev–Trinajstić information content (AvgIpc) is 2.97. The summed E-state index contributed by atoms with van der Waals surface area (Å²) in [5, 5.41) is 6.90.